The van der Waals surface area contributed by atoms with Crippen molar-refractivity contribution < 1.29 is 22.8 Å². The van der Waals surface area contributed by atoms with Gasteiger partial charge in [0.2, 0.25) is 11.7 Å². The number of amides is 1. The Bertz CT molecular complexity index is 445. The van der Waals surface area contributed by atoms with Gasteiger partial charge in [0.05, 0.1) is 12.1 Å². The van der Waals surface area contributed by atoms with E-state index in [4.69, 9.17) is 0 Å². The maximum Gasteiger partial charge on any atom is 0.450 e. The fourth-order valence-electron chi connectivity index (χ4n) is 1.00. The molecule has 0 aliphatic heterocycles. The summed E-state index contributed by atoms with van der Waals surface area (Å²) < 4.78 is 36.2. The van der Waals surface area contributed by atoms with Gasteiger partial charge in [0.25, 0.3) is 0 Å². The Morgan fingerprint density at radius 2 is 1.82 bits per heavy atom. The number of anilines is 1. The van der Waals surface area contributed by atoms with Crippen molar-refractivity contribution in [2.75, 3.05) is 5.32 Å². The number of ketones is 1. The van der Waals surface area contributed by atoms with E-state index >= 15 is 0 Å². The lowest BCUT2D eigenvalue weighted by atomic mass is 10.2. The molecule has 0 fully saturated rings. The molecule has 0 radical (unpaired) electrons. The molecule has 7 heteroatoms. The summed E-state index contributed by atoms with van der Waals surface area (Å²) in [5.41, 5.74) is 0.312. The van der Waals surface area contributed by atoms with Crippen LogP contribution in [0.2, 0.25) is 0 Å². The van der Waals surface area contributed by atoms with Crippen molar-refractivity contribution in [1.29, 1.82) is 0 Å². The number of hydrogen-bond acceptors (Lipinski definition) is 2. The van der Waals surface area contributed by atoms with E-state index in [1.54, 1.807) is 18.2 Å². The highest BCUT2D eigenvalue weighted by molar-refractivity contribution is 9.10. The third kappa shape index (κ3) is 4.18. The molecule has 1 aromatic rings. The molecule has 0 aromatic heterocycles. The Kier molecular flexibility index (Phi) is 4.28. The predicted molar refractivity (Wildman–Crippen MR) is 58.5 cm³/mol. The normalized spacial score (nSPS) is 11.1. The van der Waals surface area contributed by atoms with Gasteiger partial charge < -0.3 is 5.32 Å². The Morgan fingerprint density at radius 1 is 1.24 bits per heavy atom. The lowest BCUT2D eigenvalue weighted by Gasteiger charge is -2.07. The Labute approximate surface area is 103 Å². The van der Waals surface area contributed by atoms with Crippen molar-refractivity contribution in [3.63, 3.8) is 0 Å². The van der Waals surface area contributed by atoms with Crippen LogP contribution in [0.1, 0.15) is 6.42 Å². The van der Waals surface area contributed by atoms with E-state index in [1.807, 2.05) is 0 Å². The van der Waals surface area contributed by atoms with Crippen molar-refractivity contribution in [1.82, 2.24) is 0 Å². The Balaban J connectivity index is 2.63. The molecule has 1 rings (SSSR count). The van der Waals surface area contributed by atoms with Gasteiger partial charge in [-0.25, -0.2) is 0 Å². The number of nitrogens with one attached hydrogen (secondary N) is 1. The fourth-order valence-corrected chi connectivity index (χ4v) is 1.39. The Morgan fingerprint density at radius 3 is 2.35 bits per heavy atom. The van der Waals surface area contributed by atoms with E-state index < -0.39 is 24.3 Å². The van der Waals surface area contributed by atoms with Gasteiger partial charge in [-0.1, -0.05) is 12.1 Å². The van der Waals surface area contributed by atoms with Crippen molar-refractivity contribution in [3.05, 3.63) is 28.7 Å². The second-order valence-electron chi connectivity index (χ2n) is 3.13. The monoisotopic (exact) mass is 309 g/mol. The minimum Gasteiger partial charge on any atom is -0.325 e. The summed E-state index contributed by atoms with van der Waals surface area (Å²) in [4.78, 5) is 21.7. The molecule has 1 amide bonds. The predicted octanol–water partition coefficient (Wildman–Crippen LogP) is 2.91. The molecule has 1 N–H and O–H groups in total. The zero-order valence-corrected chi connectivity index (χ0v) is 9.93. The average molecular weight is 310 g/mol. The van der Waals surface area contributed by atoms with Crippen molar-refractivity contribution in [2.45, 2.75) is 12.6 Å². The first kappa shape index (κ1) is 13.7. The molecule has 1 aromatic carbocycles. The van der Waals surface area contributed by atoms with E-state index in [9.17, 15) is 22.8 Å². The topological polar surface area (TPSA) is 46.2 Å². The van der Waals surface area contributed by atoms with Crippen LogP contribution in [-0.4, -0.2) is 17.9 Å². The molecule has 17 heavy (non-hydrogen) atoms. The van der Waals surface area contributed by atoms with Crippen LogP contribution < -0.4 is 5.32 Å². The van der Waals surface area contributed by atoms with Gasteiger partial charge in [-0.05, 0) is 28.1 Å². The van der Waals surface area contributed by atoms with Crippen LogP contribution in [0.15, 0.2) is 28.7 Å². The van der Waals surface area contributed by atoms with Gasteiger partial charge in [0, 0.05) is 4.47 Å². The number of carbonyl (C=O) groups is 2. The summed E-state index contributed by atoms with van der Waals surface area (Å²) >= 11 is 3.11. The van der Waals surface area contributed by atoms with Crippen molar-refractivity contribution in [2.24, 2.45) is 0 Å². The van der Waals surface area contributed by atoms with E-state index in [0.29, 0.717) is 10.2 Å². The van der Waals surface area contributed by atoms with Crippen LogP contribution in [0.5, 0.6) is 0 Å². The second-order valence-corrected chi connectivity index (χ2v) is 3.98. The van der Waals surface area contributed by atoms with Crippen LogP contribution in [-0.2, 0) is 9.59 Å². The summed E-state index contributed by atoms with van der Waals surface area (Å²) in [6.45, 7) is 0. The van der Waals surface area contributed by atoms with Crippen LogP contribution in [0.25, 0.3) is 0 Å². The van der Waals surface area contributed by atoms with E-state index in [2.05, 4.69) is 21.2 Å². The minimum absolute atomic E-state index is 0.312. The molecule has 0 saturated heterocycles. The quantitative estimate of drug-likeness (QED) is 0.873. The van der Waals surface area contributed by atoms with E-state index in [0.717, 1.165) is 0 Å². The number of alkyl halides is 3. The molecule has 92 valence electrons. The SMILES string of the molecule is O=C(CC(=O)C(F)(F)F)Nc1ccccc1Br. The van der Waals surface area contributed by atoms with Gasteiger partial charge in [-0.2, -0.15) is 13.2 Å². The van der Waals surface area contributed by atoms with Crippen LogP contribution in [0.3, 0.4) is 0 Å². The Hall–Kier alpha value is -1.37. The molecule has 3 nitrogen and oxygen atoms in total. The highest BCUT2D eigenvalue weighted by atomic mass is 79.9. The van der Waals surface area contributed by atoms with Crippen LogP contribution in [0.4, 0.5) is 18.9 Å². The zero-order valence-electron chi connectivity index (χ0n) is 8.34. The van der Waals surface area contributed by atoms with Gasteiger partial charge in [-0.3, -0.25) is 9.59 Å². The summed E-state index contributed by atoms with van der Waals surface area (Å²) in [5.74, 6) is -3.07. The molecular weight excluding hydrogens is 303 g/mol. The lowest BCUT2D eigenvalue weighted by molar-refractivity contribution is -0.171. The van der Waals surface area contributed by atoms with Crippen LogP contribution in [0, 0.1) is 0 Å². The average Bonchev–Trinajstić information content (AvgIpc) is 2.20. The molecule has 0 saturated carbocycles. The molecule has 0 aliphatic rings. The molecule has 0 heterocycles. The number of hydrogen-bond donors (Lipinski definition) is 1. The van der Waals surface area contributed by atoms with E-state index in [-0.39, 0.29) is 0 Å². The smallest absolute Gasteiger partial charge is 0.325 e. The summed E-state index contributed by atoms with van der Waals surface area (Å²) in [6.07, 6.45) is -6.20. The number of benzene rings is 1. The molecule has 0 atom stereocenters. The number of Topliss-reactive ketones (excluding diaryl/α,β-unsaturated/α-hetero) is 1. The standard InChI is InChI=1S/C10H7BrF3NO2/c11-6-3-1-2-4-7(6)15-9(17)5-8(16)10(12,13)14/h1-4H,5H2,(H,15,17). The summed E-state index contributed by atoms with van der Waals surface area (Å²) in [5, 5.41) is 2.21. The third-order valence-electron chi connectivity index (χ3n) is 1.79. The van der Waals surface area contributed by atoms with Gasteiger partial charge >= 0.3 is 6.18 Å². The first-order valence-electron chi connectivity index (χ1n) is 4.45. The number of halogens is 4. The lowest BCUT2D eigenvalue weighted by Crippen LogP contribution is -2.27. The maximum absolute atomic E-state index is 11.9. The van der Waals surface area contributed by atoms with Gasteiger partial charge in [0.1, 0.15) is 0 Å². The zero-order chi connectivity index (χ0) is 13.1. The van der Waals surface area contributed by atoms with Crippen LogP contribution >= 0.6 is 15.9 Å². The largest absolute Gasteiger partial charge is 0.450 e. The van der Waals surface area contributed by atoms with Gasteiger partial charge in [0.15, 0.2) is 0 Å². The minimum atomic E-state index is -4.98. The molecule has 0 bridgehead atoms. The first-order chi connectivity index (χ1) is 7.80. The number of carbonyl (C=O) groups excluding carboxylic acids is 2. The van der Waals surface area contributed by atoms with Crippen molar-refractivity contribution in [3.8, 4) is 0 Å². The first-order valence-corrected chi connectivity index (χ1v) is 5.24. The van der Waals surface area contributed by atoms with Crippen molar-refractivity contribution >= 4 is 33.3 Å². The molecule has 0 unspecified atom stereocenters. The molecule has 0 spiro atoms. The number of rotatable bonds is 3. The summed E-state index contributed by atoms with van der Waals surface area (Å²) in [6, 6.07) is 6.40. The maximum atomic E-state index is 11.9. The highest BCUT2D eigenvalue weighted by Gasteiger charge is 2.39. The summed E-state index contributed by atoms with van der Waals surface area (Å²) in [7, 11) is 0. The molecule has 0 aliphatic carbocycles. The van der Waals surface area contributed by atoms with E-state index in [1.165, 1.54) is 6.07 Å². The third-order valence-corrected chi connectivity index (χ3v) is 2.48. The highest BCUT2D eigenvalue weighted by Crippen LogP contribution is 2.22. The molecular formula is C10H7BrF3NO2. The number of para-hydroxylation sites is 1. The van der Waals surface area contributed by atoms with Gasteiger partial charge in [-0.15, -0.1) is 0 Å². The fraction of sp³-hybridized carbons (Fsp3) is 0.200. The second kappa shape index (κ2) is 5.31.